The van der Waals surface area contributed by atoms with Gasteiger partial charge in [-0.25, -0.2) is 0 Å². The number of aliphatic hydroxyl groups excluding tert-OH is 1. The summed E-state index contributed by atoms with van der Waals surface area (Å²) < 4.78 is 10.8. The maximum Gasteiger partial charge on any atom is 0.119 e. The number of hydrogen-bond donors (Lipinski definition) is 2. The smallest absolute Gasteiger partial charge is 0.119 e. The van der Waals surface area contributed by atoms with Crippen molar-refractivity contribution in [2.24, 2.45) is 0 Å². The molecule has 1 aromatic rings. The molecule has 2 N–H and O–H groups in total. The van der Waals surface area contributed by atoms with E-state index in [1.807, 2.05) is 24.3 Å². The fraction of sp³-hybridized carbons (Fsp3) is 0.625. The van der Waals surface area contributed by atoms with Gasteiger partial charge in [-0.2, -0.15) is 0 Å². The highest BCUT2D eigenvalue weighted by atomic mass is 16.5. The minimum absolute atomic E-state index is 0.148. The Bertz CT molecular complexity index is 366. The van der Waals surface area contributed by atoms with Gasteiger partial charge in [-0.05, 0) is 57.0 Å². The van der Waals surface area contributed by atoms with Gasteiger partial charge in [-0.3, -0.25) is 0 Å². The lowest BCUT2D eigenvalue weighted by molar-refractivity contribution is 0.156. The van der Waals surface area contributed by atoms with E-state index in [-0.39, 0.29) is 12.1 Å². The fourth-order valence-electron chi connectivity index (χ4n) is 1.97. The lowest BCUT2D eigenvalue weighted by Crippen LogP contribution is -2.46. The summed E-state index contributed by atoms with van der Waals surface area (Å²) in [6, 6.07) is 7.57. The lowest BCUT2D eigenvalue weighted by atomic mass is 9.97. The van der Waals surface area contributed by atoms with Gasteiger partial charge in [0.2, 0.25) is 0 Å². The molecule has 20 heavy (non-hydrogen) atoms. The first kappa shape index (κ1) is 16.8. The molecule has 0 radical (unpaired) electrons. The van der Waals surface area contributed by atoms with Crippen LogP contribution in [0.2, 0.25) is 0 Å². The zero-order valence-corrected chi connectivity index (χ0v) is 12.8. The minimum atomic E-state index is -0.209. The maximum atomic E-state index is 9.47. The van der Waals surface area contributed by atoms with Crippen LogP contribution >= 0.6 is 0 Å². The molecule has 0 saturated carbocycles. The number of methoxy groups -OCH3 is 1. The quantitative estimate of drug-likeness (QED) is 0.647. The fourth-order valence-corrected chi connectivity index (χ4v) is 1.97. The van der Waals surface area contributed by atoms with Gasteiger partial charge in [-0.15, -0.1) is 0 Å². The van der Waals surface area contributed by atoms with Crippen LogP contribution in [0.25, 0.3) is 0 Å². The molecule has 1 aromatic carbocycles. The average molecular weight is 281 g/mol. The van der Waals surface area contributed by atoms with Crippen molar-refractivity contribution in [2.75, 3.05) is 26.9 Å². The molecule has 0 heterocycles. The Morgan fingerprint density at radius 3 is 2.40 bits per heavy atom. The monoisotopic (exact) mass is 281 g/mol. The van der Waals surface area contributed by atoms with Gasteiger partial charge in [0.15, 0.2) is 0 Å². The third-order valence-electron chi connectivity index (χ3n) is 3.35. The van der Waals surface area contributed by atoms with E-state index in [0.29, 0.717) is 6.61 Å². The van der Waals surface area contributed by atoms with E-state index in [1.54, 1.807) is 7.11 Å². The van der Waals surface area contributed by atoms with Crippen LogP contribution in [0.3, 0.4) is 0 Å². The van der Waals surface area contributed by atoms with Crippen LogP contribution in [0.5, 0.6) is 11.5 Å². The average Bonchev–Trinajstić information content (AvgIpc) is 2.50. The number of ether oxygens (including phenoxy) is 2. The SMILES string of the molecule is CCCNC(C)(CO)CCCOc1ccc(OC)cc1. The zero-order valence-electron chi connectivity index (χ0n) is 12.8. The Labute approximate surface area is 122 Å². The second-order valence-corrected chi connectivity index (χ2v) is 5.27. The van der Waals surface area contributed by atoms with E-state index in [1.165, 1.54) is 0 Å². The van der Waals surface area contributed by atoms with Crippen molar-refractivity contribution >= 4 is 0 Å². The van der Waals surface area contributed by atoms with E-state index in [4.69, 9.17) is 9.47 Å². The van der Waals surface area contributed by atoms with Gasteiger partial charge in [0.05, 0.1) is 20.3 Å². The maximum absolute atomic E-state index is 9.47. The molecule has 0 aliphatic carbocycles. The summed E-state index contributed by atoms with van der Waals surface area (Å²) in [7, 11) is 1.65. The van der Waals surface area contributed by atoms with Crippen LogP contribution in [0.1, 0.15) is 33.1 Å². The summed E-state index contributed by atoms with van der Waals surface area (Å²) >= 11 is 0. The largest absolute Gasteiger partial charge is 0.497 e. The van der Waals surface area contributed by atoms with Gasteiger partial charge in [0.25, 0.3) is 0 Å². The molecule has 0 aliphatic rings. The predicted molar refractivity (Wildman–Crippen MR) is 81.5 cm³/mol. The molecule has 0 aromatic heterocycles. The van der Waals surface area contributed by atoms with Gasteiger partial charge in [0, 0.05) is 5.54 Å². The van der Waals surface area contributed by atoms with Crippen LogP contribution in [-0.2, 0) is 0 Å². The predicted octanol–water partition coefficient (Wildman–Crippen LogP) is 2.60. The standard InChI is InChI=1S/C16H27NO3/c1-4-11-17-16(2,13-18)10-5-12-20-15-8-6-14(19-3)7-9-15/h6-9,17-18H,4-5,10-13H2,1-3H3. The van der Waals surface area contributed by atoms with Crippen molar-refractivity contribution in [1.82, 2.24) is 5.32 Å². The first-order valence-electron chi connectivity index (χ1n) is 7.26. The third kappa shape index (κ3) is 5.80. The van der Waals surface area contributed by atoms with E-state index in [2.05, 4.69) is 19.2 Å². The number of nitrogens with one attached hydrogen (secondary N) is 1. The highest BCUT2D eigenvalue weighted by molar-refractivity contribution is 5.31. The van der Waals surface area contributed by atoms with Crippen LogP contribution in [0, 0.1) is 0 Å². The summed E-state index contributed by atoms with van der Waals surface area (Å²) in [4.78, 5) is 0. The van der Waals surface area contributed by atoms with Gasteiger partial charge < -0.3 is 19.9 Å². The molecule has 0 aliphatic heterocycles. The lowest BCUT2D eigenvalue weighted by Gasteiger charge is -2.28. The Balaban J connectivity index is 2.28. The Hall–Kier alpha value is -1.26. The molecule has 1 atom stereocenters. The van der Waals surface area contributed by atoms with E-state index < -0.39 is 0 Å². The summed E-state index contributed by atoms with van der Waals surface area (Å²) in [6.45, 7) is 5.90. The molecule has 0 fully saturated rings. The second-order valence-electron chi connectivity index (χ2n) is 5.27. The van der Waals surface area contributed by atoms with Gasteiger partial charge in [0.1, 0.15) is 11.5 Å². The first-order valence-corrected chi connectivity index (χ1v) is 7.26. The Morgan fingerprint density at radius 1 is 1.20 bits per heavy atom. The molecule has 4 heteroatoms. The van der Waals surface area contributed by atoms with Gasteiger partial charge in [-0.1, -0.05) is 6.92 Å². The number of rotatable bonds is 10. The van der Waals surface area contributed by atoms with Crippen molar-refractivity contribution in [3.05, 3.63) is 24.3 Å². The number of hydrogen-bond acceptors (Lipinski definition) is 4. The van der Waals surface area contributed by atoms with E-state index >= 15 is 0 Å². The topological polar surface area (TPSA) is 50.7 Å². The molecule has 0 saturated heterocycles. The van der Waals surface area contributed by atoms with Crippen LogP contribution in [-0.4, -0.2) is 37.5 Å². The molecular weight excluding hydrogens is 254 g/mol. The highest BCUT2D eigenvalue weighted by Gasteiger charge is 2.21. The molecule has 114 valence electrons. The third-order valence-corrected chi connectivity index (χ3v) is 3.35. The second kappa shape index (κ2) is 8.82. The van der Waals surface area contributed by atoms with E-state index in [9.17, 15) is 5.11 Å². The first-order chi connectivity index (χ1) is 9.63. The van der Waals surface area contributed by atoms with Crippen LogP contribution in [0.4, 0.5) is 0 Å². The summed E-state index contributed by atoms with van der Waals surface area (Å²) in [6.07, 6.45) is 2.86. The number of benzene rings is 1. The Morgan fingerprint density at radius 2 is 1.85 bits per heavy atom. The molecule has 0 bridgehead atoms. The van der Waals surface area contributed by atoms with Crippen LogP contribution < -0.4 is 14.8 Å². The highest BCUT2D eigenvalue weighted by Crippen LogP contribution is 2.18. The van der Waals surface area contributed by atoms with E-state index in [0.717, 1.165) is 37.3 Å². The molecular formula is C16H27NO3. The van der Waals surface area contributed by atoms with Crippen molar-refractivity contribution in [1.29, 1.82) is 0 Å². The number of aliphatic hydroxyl groups is 1. The molecule has 0 spiro atoms. The van der Waals surface area contributed by atoms with Crippen molar-refractivity contribution in [3.8, 4) is 11.5 Å². The Kier molecular flexibility index (Phi) is 7.41. The normalized spacial score (nSPS) is 13.8. The summed E-state index contributed by atoms with van der Waals surface area (Å²) in [5, 5.41) is 12.9. The zero-order chi connectivity index (χ0) is 14.8. The van der Waals surface area contributed by atoms with Gasteiger partial charge >= 0.3 is 0 Å². The molecule has 1 rings (SSSR count). The summed E-state index contributed by atoms with van der Waals surface area (Å²) in [5.74, 6) is 1.67. The molecule has 1 unspecified atom stereocenters. The van der Waals surface area contributed by atoms with Crippen LogP contribution in [0.15, 0.2) is 24.3 Å². The summed E-state index contributed by atoms with van der Waals surface area (Å²) in [5.41, 5.74) is -0.209. The minimum Gasteiger partial charge on any atom is -0.497 e. The molecule has 0 amide bonds. The van der Waals surface area contributed by atoms with Crippen molar-refractivity contribution in [2.45, 2.75) is 38.6 Å². The van der Waals surface area contributed by atoms with Crippen molar-refractivity contribution < 1.29 is 14.6 Å². The molecule has 4 nitrogen and oxygen atoms in total. The van der Waals surface area contributed by atoms with Crippen molar-refractivity contribution in [3.63, 3.8) is 0 Å².